The molecule has 8 nitrogen and oxygen atoms in total. The van der Waals surface area contributed by atoms with E-state index in [1.165, 1.54) is 18.7 Å². The van der Waals surface area contributed by atoms with Crippen LogP contribution in [-0.2, 0) is 20.8 Å². The van der Waals surface area contributed by atoms with E-state index in [9.17, 15) is 19.5 Å². The molecule has 1 aromatic heterocycles. The van der Waals surface area contributed by atoms with Gasteiger partial charge in [0.15, 0.2) is 11.5 Å². The van der Waals surface area contributed by atoms with Gasteiger partial charge in [0, 0.05) is 32.9 Å². The third-order valence-electron chi connectivity index (χ3n) is 3.76. The van der Waals surface area contributed by atoms with Crippen LogP contribution in [-0.4, -0.2) is 51.9 Å². The lowest BCUT2D eigenvalue weighted by Gasteiger charge is -2.26. The van der Waals surface area contributed by atoms with Crippen LogP contribution in [0.1, 0.15) is 26.2 Å². The van der Waals surface area contributed by atoms with Crippen molar-refractivity contribution < 1.29 is 23.9 Å². The Morgan fingerprint density at radius 1 is 1.32 bits per heavy atom. The van der Waals surface area contributed by atoms with E-state index in [4.69, 9.17) is 4.42 Å². The molecule has 2 N–H and O–H groups in total. The number of hydrogen-bond acceptors (Lipinski definition) is 5. The van der Waals surface area contributed by atoms with Crippen molar-refractivity contribution in [3.05, 3.63) is 30.2 Å². The zero-order chi connectivity index (χ0) is 18.4. The highest BCUT2D eigenvalue weighted by Crippen LogP contribution is 2.16. The highest BCUT2D eigenvalue weighted by atomic mass is 16.4. The molecule has 0 aliphatic heterocycles. The lowest BCUT2D eigenvalue weighted by Crippen LogP contribution is -2.46. The number of rotatable bonds is 8. The average Bonchev–Trinajstić information content (AvgIpc) is 2.98. The van der Waals surface area contributed by atoms with Gasteiger partial charge in [0.05, 0.1) is 0 Å². The molecule has 0 radical (unpaired) electrons. The molecule has 2 aromatic rings. The third kappa shape index (κ3) is 5.03. The fourth-order valence-corrected chi connectivity index (χ4v) is 2.40. The molecule has 2 rings (SSSR count). The molecule has 1 unspecified atom stereocenters. The van der Waals surface area contributed by atoms with Gasteiger partial charge in [-0.25, -0.2) is 9.78 Å². The number of benzene rings is 1. The Hall–Kier alpha value is -2.90. The standard InChI is InChI=1S/C17H21N3O5/c1-11(17(23)24)20(10-9-18-12(2)21)16(22)8-7-15-19-13-5-3-4-6-14(13)25-15/h3-6,11H,7-10H2,1-2H3,(H,18,21)(H,23,24). The molecular formula is C17H21N3O5. The number of carboxylic acid groups (broad SMARTS) is 1. The summed E-state index contributed by atoms with van der Waals surface area (Å²) in [5.41, 5.74) is 1.36. The number of fused-ring (bicyclic) bond motifs is 1. The molecule has 25 heavy (non-hydrogen) atoms. The Morgan fingerprint density at radius 3 is 2.68 bits per heavy atom. The molecule has 0 aliphatic carbocycles. The molecule has 0 aliphatic rings. The van der Waals surface area contributed by atoms with Crippen molar-refractivity contribution in [2.75, 3.05) is 13.1 Å². The number of para-hydroxylation sites is 2. The Balaban J connectivity index is 1.99. The maximum absolute atomic E-state index is 12.4. The van der Waals surface area contributed by atoms with E-state index in [0.717, 1.165) is 0 Å². The minimum atomic E-state index is -1.10. The topological polar surface area (TPSA) is 113 Å². The lowest BCUT2D eigenvalue weighted by atomic mass is 10.2. The van der Waals surface area contributed by atoms with Gasteiger partial charge in [0.25, 0.3) is 0 Å². The van der Waals surface area contributed by atoms with Crippen molar-refractivity contribution >= 4 is 28.9 Å². The Labute approximate surface area is 144 Å². The summed E-state index contributed by atoms with van der Waals surface area (Å²) in [6.45, 7) is 3.12. The van der Waals surface area contributed by atoms with Gasteiger partial charge in [-0.2, -0.15) is 0 Å². The number of carbonyl (C=O) groups excluding carboxylic acids is 2. The minimum Gasteiger partial charge on any atom is -0.480 e. The zero-order valence-electron chi connectivity index (χ0n) is 14.2. The number of nitrogens with one attached hydrogen (secondary N) is 1. The van der Waals surface area contributed by atoms with Crippen molar-refractivity contribution in [3.63, 3.8) is 0 Å². The first-order valence-electron chi connectivity index (χ1n) is 7.99. The van der Waals surface area contributed by atoms with Crippen molar-refractivity contribution in [1.82, 2.24) is 15.2 Å². The number of amides is 2. The first-order valence-corrected chi connectivity index (χ1v) is 7.99. The van der Waals surface area contributed by atoms with E-state index < -0.39 is 12.0 Å². The van der Waals surface area contributed by atoms with Crippen molar-refractivity contribution in [3.8, 4) is 0 Å². The van der Waals surface area contributed by atoms with E-state index in [2.05, 4.69) is 10.3 Å². The Morgan fingerprint density at radius 2 is 2.04 bits per heavy atom. The maximum atomic E-state index is 12.4. The normalized spacial score (nSPS) is 11.9. The molecule has 8 heteroatoms. The minimum absolute atomic E-state index is 0.0739. The number of oxazole rings is 1. The summed E-state index contributed by atoms with van der Waals surface area (Å²) in [4.78, 5) is 40.1. The molecular weight excluding hydrogens is 326 g/mol. The largest absolute Gasteiger partial charge is 0.480 e. The second-order valence-electron chi connectivity index (χ2n) is 5.66. The molecule has 1 heterocycles. The first kappa shape index (κ1) is 18.4. The van der Waals surface area contributed by atoms with Gasteiger partial charge < -0.3 is 19.7 Å². The number of carboxylic acids is 1. The van der Waals surface area contributed by atoms with Crippen LogP contribution >= 0.6 is 0 Å². The van der Waals surface area contributed by atoms with Crippen molar-refractivity contribution in [2.24, 2.45) is 0 Å². The van der Waals surface area contributed by atoms with Crippen LogP contribution in [0.25, 0.3) is 11.1 Å². The summed E-state index contributed by atoms with van der Waals surface area (Å²) in [5.74, 6) is -1.23. The predicted octanol–water partition coefficient (Wildman–Crippen LogP) is 1.20. The molecule has 0 saturated heterocycles. The summed E-state index contributed by atoms with van der Waals surface area (Å²) in [6, 6.07) is 6.31. The van der Waals surface area contributed by atoms with E-state index >= 15 is 0 Å². The number of aliphatic carboxylic acids is 1. The van der Waals surface area contributed by atoms with Crippen molar-refractivity contribution in [2.45, 2.75) is 32.7 Å². The van der Waals surface area contributed by atoms with Crippen molar-refractivity contribution in [1.29, 1.82) is 0 Å². The smallest absolute Gasteiger partial charge is 0.326 e. The van der Waals surface area contributed by atoms with Gasteiger partial charge in [0.1, 0.15) is 11.6 Å². The fourth-order valence-electron chi connectivity index (χ4n) is 2.40. The molecule has 0 fully saturated rings. The quantitative estimate of drug-likeness (QED) is 0.742. The molecule has 2 amide bonds. The van der Waals surface area contributed by atoms with Crippen LogP contribution in [0.15, 0.2) is 28.7 Å². The number of aromatic nitrogens is 1. The SMILES string of the molecule is CC(=O)NCCN(C(=O)CCc1nc2ccccc2o1)C(C)C(=O)O. The van der Waals surface area contributed by atoms with Crippen LogP contribution in [0.3, 0.4) is 0 Å². The van der Waals surface area contributed by atoms with Gasteiger partial charge in [-0.3, -0.25) is 9.59 Å². The van der Waals surface area contributed by atoms with Gasteiger partial charge in [-0.1, -0.05) is 12.1 Å². The predicted molar refractivity (Wildman–Crippen MR) is 89.8 cm³/mol. The number of hydrogen-bond donors (Lipinski definition) is 2. The van der Waals surface area contributed by atoms with Gasteiger partial charge in [0.2, 0.25) is 11.8 Å². The van der Waals surface area contributed by atoms with Crippen LogP contribution in [0.5, 0.6) is 0 Å². The van der Waals surface area contributed by atoms with Crippen LogP contribution in [0.2, 0.25) is 0 Å². The Bertz CT molecular complexity index is 737. The number of aryl methyl sites for hydroxylation is 1. The maximum Gasteiger partial charge on any atom is 0.326 e. The van der Waals surface area contributed by atoms with E-state index in [1.807, 2.05) is 18.2 Å². The monoisotopic (exact) mass is 347 g/mol. The van der Waals surface area contributed by atoms with E-state index in [0.29, 0.717) is 17.0 Å². The van der Waals surface area contributed by atoms with Gasteiger partial charge in [-0.05, 0) is 19.1 Å². The fraction of sp³-hybridized carbons (Fsp3) is 0.412. The van der Waals surface area contributed by atoms with Crippen LogP contribution < -0.4 is 5.32 Å². The number of carbonyl (C=O) groups is 3. The molecule has 134 valence electrons. The lowest BCUT2D eigenvalue weighted by molar-refractivity contribution is -0.149. The number of nitrogens with zero attached hydrogens (tertiary/aromatic N) is 2. The summed E-state index contributed by atoms with van der Waals surface area (Å²) < 4.78 is 5.56. The molecule has 1 aromatic carbocycles. The Kier molecular flexibility index (Phi) is 6.10. The van der Waals surface area contributed by atoms with E-state index in [1.54, 1.807) is 6.07 Å². The van der Waals surface area contributed by atoms with E-state index in [-0.39, 0.29) is 37.7 Å². The zero-order valence-corrected chi connectivity index (χ0v) is 14.2. The second kappa shape index (κ2) is 8.27. The van der Waals surface area contributed by atoms with Crippen LogP contribution in [0, 0.1) is 0 Å². The molecule has 0 spiro atoms. The summed E-state index contributed by atoms with van der Waals surface area (Å²) in [7, 11) is 0. The molecule has 1 atom stereocenters. The summed E-state index contributed by atoms with van der Waals surface area (Å²) in [6.07, 6.45) is 0.348. The highest BCUT2D eigenvalue weighted by molar-refractivity contribution is 5.83. The third-order valence-corrected chi connectivity index (χ3v) is 3.76. The first-order chi connectivity index (χ1) is 11.9. The summed E-state index contributed by atoms with van der Waals surface area (Å²) in [5, 5.41) is 11.7. The molecule has 0 bridgehead atoms. The van der Waals surface area contributed by atoms with Crippen LogP contribution in [0.4, 0.5) is 0 Å². The highest BCUT2D eigenvalue weighted by Gasteiger charge is 2.25. The summed E-state index contributed by atoms with van der Waals surface area (Å²) >= 11 is 0. The molecule has 0 saturated carbocycles. The second-order valence-corrected chi connectivity index (χ2v) is 5.66. The average molecular weight is 347 g/mol. The van der Waals surface area contributed by atoms with Gasteiger partial charge >= 0.3 is 5.97 Å². The van der Waals surface area contributed by atoms with Gasteiger partial charge in [-0.15, -0.1) is 0 Å².